The van der Waals surface area contributed by atoms with E-state index in [4.69, 9.17) is 4.42 Å². The Balaban J connectivity index is 1.85. The second kappa shape index (κ2) is 6.70. The molecular weight excluding hydrogens is 308 g/mol. The van der Waals surface area contributed by atoms with Gasteiger partial charge in [-0.25, -0.2) is 5.43 Å². The molecule has 4 nitrogen and oxygen atoms in total. The number of allylic oxidation sites excluding steroid dienone is 1. The van der Waals surface area contributed by atoms with E-state index in [1.54, 1.807) is 48.7 Å². The van der Waals surface area contributed by atoms with Gasteiger partial charge in [0, 0.05) is 16.3 Å². The quantitative estimate of drug-likeness (QED) is 0.693. The smallest absolute Gasteiger partial charge is 0.271 e. The summed E-state index contributed by atoms with van der Waals surface area (Å²) in [5.41, 5.74) is 2.98. The van der Waals surface area contributed by atoms with Crippen LogP contribution in [-0.4, -0.2) is 12.1 Å². The minimum Gasteiger partial charge on any atom is -0.465 e. The summed E-state index contributed by atoms with van der Waals surface area (Å²) < 4.78 is 6.03. The number of benzene rings is 1. The van der Waals surface area contributed by atoms with Crippen molar-refractivity contribution in [3.8, 4) is 0 Å². The fraction of sp³-hybridized carbons (Fsp3) is 0. The Morgan fingerprint density at radius 1 is 1.26 bits per heavy atom. The number of halogens is 1. The summed E-state index contributed by atoms with van der Waals surface area (Å²) in [7, 11) is 0. The van der Waals surface area contributed by atoms with E-state index >= 15 is 0 Å². The van der Waals surface area contributed by atoms with Crippen LogP contribution < -0.4 is 5.43 Å². The summed E-state index contributed by atoms with van der Waals surface area (Å²) >= 11 is 3.31. The Bertz CT molecular complexity index is 586. The second-order valence-electron chi connectivity index (χ2n) is 3.60. The van der Waals surface area contributed by atoms with Crippen LogP contribution in [0, 0.1) is 0 Å². The van der Waals surface area contributed by atoms with Crippen molar-refractivity contribution in [1.29, 1.82) is 0 Å². The van der Waals surface area contributed by atoms with Gasteiger partial charge in [-0.05, 0) is 48.6 Å². The number of carbonyl (C=O) groups is 1. The van der Waals surface area contributed by atoms with Crippen LogP contribution in [0.3, 0.4) is 0 Å². The summed E-state index contributed by atoms with van der Waals surface area (Å²) in [5, 5.41) is 3.80. The fourth-order valence-corrected chi connectivity index (χ4v) is 1.59. The van der Waals surface area contributed by atoms with E-state index in [9.17, 15) is 4.79 Å². The molecule has 2 aromatic rings. The number of nitrogens with one attached hydrogen (secondary N) is 1. The third-order valence-corrected chi connectivity index (χ3v) is 2.77. The maximum Gasteiger partial charge on any atom is 0.271 e. The van der Waals surface area contributed by atoms with E-state index in [0.717, 1.165) is 10.2 Å². The van der Waals surface area contributed by atoms with Crippen molar-refractivity contribution >= 4 is 34.1 Å². The molecule has 0 atom stereocenters. The number of hydrazone groups is 1. The lowest BCUT2D eigenvalue weighted by atomic mass is 10.2. The lowest BCUT2D eigenvalue weighted by Gasteiger charge is -1.98. The van der Waals surface area contributed by atoms with E-state index in [-0.39, 0.29) is 5.91 Å². The molecule has 0 spiro atoms. The number of hydrogen-bond donors (Lipinski definition) is 1. The summed E-state index contributed by atoms with van der Waals surface area (Å²) in [6, 6.07) is 10.7. The minimum atomic E-state index is -0.254. The number of furan rings is 1. The molecule has 0 unspecified atom stereocenters. The number of nitrogens with zero attached hydrogens (tertiary/aromatic N) is 1. The first kappa shape index (κ1) is 13.3. The number of carbonyl (C=O) groups excluding carboxylic acids is 1. The minimum absolute atomic E-state index is 0.254. The summed E-state index contributed by atoms with van der Waals surface area (Å²) in [6.45, 7) is 0. The molecule has 0 radical (unpaired) electrons. The van der Waals surface area contributed by atoms with Crippen molar-refractivity contribution in [3.05, 3.63) is 64.5 Å². The monoisotopic (exact) mass is 318 g/mol. The van der Waals surface area contributed by atoms with Crippen LogP contribution in [0.1, 0.15) is 16.1 Å². The Kier molecular flexibility index (Phi) is 4.69. The molecule has 19 heavy (non-hydrogen) atoms. The van der Waals surface area contributed by atoms with Gasteiger partial charge in [-0.15, -0.1) is 0 Å². The Morgan fingerprint density at radius 2 is 2.05 bits per heavy atom. The first-order valence-electron chi connectivity index (χ1n) is 5.55. The molecule has 96 valence electrons. The highest BCUT2D eigenvalue weighted by atomic mass is 79.9. The van der Waals surface area contributed by atoms with Crippen molar-refractivity contribution in [2.75, 3.05) is 0 Å². The molecule has 2 rings (SSSR count). The fourth-order valence-electron chi connectivity index (χ4n) is 1.33. The summed E-state index contributed by atoms with van der Waals surface area (Å²) in [5.74, 6) is 0.473. The van der Waals surface area contributed by atoms with E-state index < -0.39 is 0 Å². The molecule has 0 bridgehead atoms. The van der Waals surface area contributed by atoms with Crippen LogP contribution in [0.4, 0.5) is 0 Å². The van der Waals surface area contributed by atoms with Crippen LogP contribution in [0.2, 0.25) is 0 Å². The molecular formula is C14H11BrN2O2. The van der Waals surface area contributed by atoms with Gasteiger partial charge >= 0.3 is 0 Å². The molecule has 0 aliphatic carbocycles. The number of hydrogen-bond acceptors (Lipinski definition) is 3. The zero-order valence-corrected chi connectivity index (χ0v) is 11.5. The number of rotatable bonds is 4. The molecule has 5 heteroatoms. The van der Waals surface area contributed by atoms with Crippen molar-refractivity contribution in [2.24, 2.45) is 5.10 Å². The van der Waals surface area contributed by atoms with Crippen LogP contribution in [-0.2, 0) is 0 Å². The maximum absolute atomic E-state index is 11.7. The van der Waals surface area contributed by atoms with Crippen molar-refractivity contribution in [3.63, 3.8) is 0 Å². The molecule has 0 saturated carbocycles. The largest absolute Gasteiger partial charge is 0.465 e. The Labute approximate surface area is 118 Å². The van der Waals surface area contributed by atoms with E-state index in [1.807, 2.05) is 6.07 Å². The standard InChI is InChI=1S/C14H11BrN2O2/c15-12-7-5-11(6-8-12)14(18)17-16-9-1-3-13-4-2-10-19-13/h1-10H,(H,17,18). The highest BCUT2D eigenvalue weighted by Crippen LogP contribution is 2.10. The Morgan fingerprint density at radius 3 is 2.74 bits per heavy atom. The zero-order chi connectivity index (χ0) is 13.5. The SMILES string of the molecule is O=C(NN=CC=Cc1ccco1)c1ccc(Br)cc1. The molecule has 1 N–H and O–H groups in total. The van der Waals surface area contributed by atoms with Crippen LogP contribution >= 0.6 is 15.9 Å². The zero-order valence-electron chi connectivity index (χ0n) is 9.92. The van der Waals surface area contributed by atoms with E-state index in [0.29, 0.717) is 5.56 Å². The van der Waals surface area contributed by atoms with Gasteiger partial charge < -0.3 is 4.42 Å². The Hall–Kier alpha value is -2.14. The lowest BCUT2D eigenvalue weighted by molar-refractivity contribution is 0.0955. The highest BCUT2D eigenvalue weighted by Gasteiger charge is 2.02. The molecule has 1 amide bonds. The van der Waals surface area contributed by atoms with E-state index in [1.165, 1.54) is 6.21 Å². The highest BCUT2D eigenvalue weighted by molar-refractivity contribution is 9.10. The molecule has 0 fully saturated rings. The summed E-state index contributed by atoms with van der Waals surface area (Å²) in [4.78, 5) is 11.7. The van der Waals surface area contributed by atoms with Crippen molar-refractivity contribution in [2.45, 2.75) is 0 Å². The van der Waals surface area contributed by atoms with Crippen LogP contribution in [0.5, 0.6) is 0 Å². The van der Waals surface area contributed by atoms with Gasteiger partial charge in [0.25, 0.3) is 5.91 Å². The van der Waals surface area contributed by atoms with Gasteiger partial charge in [-0.3, -0.25) is 4.79 Å². The average molecular weight is 319 g/mol. The third kappa shape index (κ3) is 4.22. The second-order valence-corrected chi connectivity index (χ2v) is 4.52. The number of amides is 1. The van der Waals surface area contributed by atoms with Gasteiger partial charge in [0.05, 0.1) is 6.26 Å². The van der Waals surface area contributed by atoms with Gasteiger partial charge in [0.1, 0.15) is 5.76 Å². The van der Waals surface area contributed by atoms with Gasteiger partial charge in [0.2, 0.25) is 0 Å². The third-order valence-electron chi connectivity index (χ3n) is 2.24. The van der Waals surface area contributed by atoms with Crippen LogP contribution in [0.15, 0.2) is 62.7 Å². The predicted molar refractivity (Wildman–Crippen MR) is 77.8 cm³/mol. The first-order chi connectivity index (χ1) is 9.25. The topological polar surface area (TPSA) is 54.6 Å². The lowest BCUT2D eigenvalue weighted by Crippen LogP contribution is -2.17. The molecule has 1 heterocycles. The predicted octanol–water partition coefficient (Wildman–Crippen LogP) is 3.47. The van der Waals surface area contributed by atoms with Gasteiger partial charge in [0.15, 0.2) is 0 Å². The molecule has 1 aromatic heterocycles. The van der Waals surface area contributed by atoms with Crippen molar-refractivity contribution in [1.82, 2.24) is 5.43 Å². The van der Waals surface area contributed by atoms with E-state index in [2.05, 4.69) is 26.5 Å². The summed E-state index contributed by atoms with van der Waals surface area (Å²) in [6.07, 6.45) is 6.50. The van der Waals surface area contributed by atoms with Gasteiger partial charge in [-0.2, -0.15) is 5.10 Å². The molecule has 0 aliphatic rings. The average Bonchev–Trinajstić information content (AvgIpc) is 2.92. The van der Waals surface area contributed by atoms with Crippen LogP contribution in [0.25, 0.3) is 6.08 Å². The maximum atomic E-state index is 11.7. The van der Waals surface area contributed by atoms with Crippen molar-refractivity contribution < 1.29 is 9.21 Å². The normalized spacial score (nSPS) is 11.2. The first-order valence-corrected chi connectivity index (χ1v) is 6.34. The van der Waals surface area contributed by atoms with Gasteiger partial charge in [-0.1, -0.05) is 15.9 Å². The molecule has 0 aliphatic heterocycles. The molecule has 1 aromatic carbocycles. The molecule has 0 saturated heterocycles.